The van der Waals surface area contributed by atoms with Crippen LogP contribution >= 0.6 is 0 Å². The third kappa shape index (κ3) is 3.70. The Kier molecular flexibility index (Phi) is 5.51. The minimum atomic E-state index is -2.04. The van der Waals surface area contributed by atoms with E-state index in [9.17, 15) is 4.79 Å². The Balaban J connectivity index is 1.61. The Hall–Kier alpha value is -1.83. The lowest BCUT2D eigenvalue weighted by Gasteiger charge is -2.45. The molecule has 0 N–H and O–H groups in total. The van der Waals surface area contributed by atoms with Crippen molar-refractivity contribution in [2.45, 2.75) is 77.2 Å². The highest BCUT2D eigenvalue weighted by Gasteiger charge is 2.64. The van der Waals surface area contributed by atoms with Crippen molar-refractivity contribution in [2.75, 3.05) is 13.7 Å². The molecule has 0 aromatic heterocycles. The van der Waals surface area contributed by atoms with Gasteiger partial charge >= 0.3 is 5.97 Å². The van der Waals surface area contributed by atoms with Gasteiger partial charge in [-0.25, -0.2) is 4.79 Å². The summed E-state index contributed by atoms with van der Waals surface area (Å²) in [5.41, 5.74) is 1.48. The highest BCUT2D eigenvalue weighted by Crippen LogP contribution is 2.56. The van der Waals surface area contributed by atoms with Gasteiger partial charge in [-0.15, -0.1) is 0 Å². The lowest BCUT2D eigenvalue weighted by molar-refractivity contribution is -0.142. The summed E-state index contributed by atoms with van der Waals surface area (Å²) in [5, 5.41) is 0.0829. The first-order chi connectivity index (χ1) is 14.5. The molecule has 6 nitrogen and oxygen atoms in total. The molecule has 1 aromatic carbocycles. The van der Waals surface area contributed by atoms with Gasteiger partial charge in [-0.3, -0.25) is 0 Å². The zero-order valence-electron chi connectivity index (χ0n) is 19.6. The summed E-state index contributed by atoms with van der Waals surface area (Å²) in [6.07, 6.45) is 0.178. The normalized spacial score (nSPS) is 30.2. The van der Waals surface area contributed by atoms with Crippen molar-refractivity contribution < 1.29 is 28.2 Å². The number of benzene rings is 1. The van der Waals surface area contributed by atoms with Crippen LogP contribution in [0.3, 0.4) is 0 Å². The summed E-state index contributed by atoms with van der Waals surface area (Å²) in [6, 6.07) is 7.87. The molecule has 1 saturated carbocycles. The van der Waals surface area contributed by atoms with E-state index in [1.807, 2.05) is 24.3 Å². The molecule has 0 radical (unpaired) electrons. The number of carbonyl (C=O) groups excluding carboxylic acids is 1. The van der Waals surface area contributed by atoms with Gasteiger partial charge in [0.15, 0.2) is 8.32 Å². The molecule has 4 rings (SSSR count). The highest BCUT2D eigenvalue weighted by atomic mass is 28.4. The summed E-state index contributed by atoms with van der Waals surface area (Å²) in [5.74, 6) is 0.821. The van der Waals surface area contributed by atoms with E-state index in [2.05, 4.69) is 40.8 Å². The minimum Gasteiger partial charge on any atom is -0.497 e. The molecule has 1 aliphatic carbocycles. The van der Waals surface area contributed by atoms with E-state index < -0.39 is 13.7 Å². The van der Waals surface area contributed by atoms with E-state index in [-0.39, 0.29) is 35.9 Å². The highest BCUT2D eigenvalue weighted by molar-refractivity contribution is 6.74. The fraction of sp³-hybridized carbons (Fsp3) is 0.625. The Morgan fingerprint density at radius 1 is 1.19 bits per heavy atom. The van der Waals surface area contributed by atoms with Crippen molar-refractivity contribution in [1.29, 1.82) is 0 Å². The third-order valence-electron chi connectivity index (χ3n) is 7.60. The van der Waals surface area contributed by atoms with E-state index in [0.29, 0.717) is 18.8 Å². The number of esters is 1. The molecule has 3 aliphatic rings. The Bertz CT molecular complexity index is 884. The first-order valence-corrected chi connectivity index (χ1v) is 13.9. The topological polar surface area (TPSA) is 63.2 Å². The number of methoxy groups -OCH3 is 1. The standard InChI is InChI=1S/C24H34O6Si/c1-23(2,3)31(6,7)30-19-12-18-21(27-13-15-8-10-16(26-5)11-9-15)24(19,4)17-14-28-22(25)20(17)29-18/h8-11,18-19,21H,12-14H2,1-7H3/t18-,19-,21+,24+/m1/s1. The van der Waals surface area contributed by atoms with Gasteiger partial charge in [0.05, 0.1) is 25.2 Å². The molecular weight excluding hydrogens is 412 g/mol. The quantitative estimate of drug-likeness (QED) is 0.470. The summed E-state index contributed by atoms with van der Waals surface area (Å²) in [6.45, 7) is 14.1. The van der Waals surface area contributed by atoms with Gasteiger partial charge in [0.25, 0.3) is 0 Å². The summed E-state index contributed by atoms with van der Waals surface area (Å²) >= 11 is 0. The zero-order valence-corrected chi connectivity index (χ0v) is 20.6. The number of hydrogen-bond donors (Lipinski definition) is 0. The fourth-order valence-corrected chi connectivity index (χ4v) is 5.98. The predicted octanol–water partition coefficient (Wildman–Crippen LogP) is 4.59. The molecule has 2 heterocycles. The molecule has 1 fully saturated rings. The van der Waals surface area contributed by atoms with Crippen molar-refractivity contribution in [1.82, 2.24) is 0 Å². The minimum absolute atomic E-state index is 0.0822. The summed E-state index contributed by atoms with van der Waals surface area (Å²) < 4.78 is 30.1. The van der Waals surface area contributed by atoms with Gasteiger partial charge in [0, 0.05) is 12.0 Å². The van der Waals surface area contributed by atoms with Gasteiger partial charge in [0.2, 0.25) is 5.76 Å². The Morgan fingerprint density at radius 2 is 1.87 bits per heavy atom. The number of carbonyl (C=O) groups is 1. The number of fused-ring (bicyclic) bond motifs is 3. The van der Waals surface area contributed by atoms with Gasteiger partial charge in [0.1, 0.15) is 24.6 Å². The third-order valence-corrected chi connectivity index (χ3v) is 12.1. The van der Waals surface area contributed by atoms with Crippen molar-refractivity contribution in [3.8, 4) is 5.75 Å². The second-order valence-electron chi connectivity index (χ2n) is 10.5. The molecular formula is C24H34O6Si. The summed E-state index contributed by atoms with van der Waals surface area (Å²) in [7, 11) is -0.383. The average Bonchev–Trinajstić information content (AvgIpc) is 3.15. The lowest BCUT2D eigenvalue weighted by atomic mass is 9.75. The number of rotatable bonds is 6. The monoisotopic (exact) mass is 446 g/mol. The van der Waals surface area contributed by atoms with Crippen molar-refractivity contribution in [3.63, 3.8) is 0 Å². The average molecular weight is 447 g/mol. The first kappa shape index (κ1) is 22.4. The maximum absolute atomic E-state index is 12.3. The maximum Gasteiger partial charge on any atom is 0.374 e. The van der Waals surface area contributed by atoms with Crippen molar-refractivity contribution >= 4 is 14.3 Å². The first-order valence-electron chi connectivity index (χ1n) is 11.0. The molecule has 2 bridgehead atoms. The van der Waals surface area contributed by atoms with E-state index in [0.717, 1.165) is 16.9 Å². The second kappa shape index (κ2) is 7.64. The van der Waals surface area contributed by atoms with Crippen LogP contribution in [0.25, 0.3) is 0 Å². The van der Waals surface area contributed by atoms with Gasteiger partial charge in [-0.05, 0) is 35.8 Å². The largest absolute Gasteiger partial charge is 0.497 e. The molecule has 0 saturated heterocycles. The SMILES string of the molecule is COc1ccc(CO[C@H]2[C@H]3C[C@@H](O[Si](C)(C)C(C)(C)C)[C@]2(C)C2=C(O3)C(=O)OC2)cc1. The van der Waals surface area contributed by atoms with Gasteiger partial charge in [-0.1, -0.05) is 39.8 Å². The molecule has 31 heavy (non-hydrogen) atoms. The Labute approximate surface area is 186 Å². The second-order valence-corrected chi connectivity index (χ2v) is 15.3. The van der Waals surface area contributed by atoms with Crippen LogP contribution in [0.1, 0.15) is 39.7 Å². The van der Waals surface area contributed by atoms with Crippen LogP contribution in [-0.2, 0) is 30.0 Å². The van der Waals surface area contributed by atoms with Crippen LogP contribution in [0.2, 0.25) is 18.1 Å². The van der Waals surface area contributed by atoms with E-state index >= 15 is 0 Å². The zero-order chi connectivity index (χ0) is 22.6. The number of cyclic esters (lactones) is 1. The van der Waals surface area contributed by atoms with Gasteiger partial charge in [-0.2, -0.15) is 0 Å². The Morgan fingerprint density at radius 3 is 2.48 bits per heavy atom. The smallest absolute Gasteiger partial charge is 0.374 e. The molecule has 2 aliphatic heterocycles. The molecule has 0 amide bonds. The predicted molar refractivity (Wildman–Crippen MR) is 119 cm³/mol. The van der Waals surface area contributed by atoms with Crippen LogP contribution in [-0.4, -0.2) is 46.3 Å². The van der Waals surface area contributed by atoms with Crippen molar-refractivity contribution in [2.24, 2.45) is 5.41 Å². The summed E-state index contributed by atoms with van der Waals surface area (Å²) in [4.78, 5) is 12.3. The van der Waals surface area contributed by atoms with Crippen LogP contribution in [0.15, 0.2) is 35.6 Å². The molecule has 7 heteroatoms. The molecule has 170 valence electrons. The molecule has 0 spiro atoms. The lowest BCUT2D eigenvalue weighted by Crippen LogP contribution is -2.51. The van der Waals surface area contributed by atoms with E-state index in [4.69, 9.17) is 23.4 Å². The van der Waals surface area contributed by atoms with E-state index in [1.54, 1.807) is 7.11 Å². The van der Waals surface area contributed by atoms with Crippen molar-refractivity contribution in [3.05, 3.63) is 41.2 Å². The maximum atomic E-state index is 12.3. The van der Waals surface area contributed by atoms with Crippen LogP contribution < -0.4 is 4.74 Å². The molecule has 0 unspecified atom stereocenters. The van der Waals surface area contributed by atoms with Crippen LogP contribution in [0.5, 0.6) is 5.75 Å². The number of hydrogen-bond acceptors (Lipinski definition) is 6. The van der Waals surface area contributed by atoms with Crippen LogP contribution in [0.4, 0.5) is 0 Å². The molecule has 1 aromatic rings. The molecule has 4 atom stereocenters. The van der Waals surface area contributed by atoms with Crippen LogP contribution in [0, 0.1) is 5.41 Å². The van der Waals surface area contributed by atoms with E-state index in [1.165, 1.54) is 0 Å². The van der Waals surface area contributed by atoms with Gasteiger partial charge < -0.3 is 23.4 Å². The fourth-order valence-electron chi connectivity index (χ4n) is 4.58. The number of ether oxygens (including phenoxy) is 4.